The smallest absolute Gasteiger partial charge is 0.338 e. The van der Waals surface area contributed by atoms with E-state index in [-0.39, 0.29) is 5.97 Å². The SMILES string of the molecule is CCOC(=O)c1ccc(C#Cc2cc(OCCC[N+](C)(C)C)c(C#Cc3ccc(C)cc3)cc2OCCC[N+](C)(C)C)cc1. The van der Waals surface area contributed by atoms with Crippen LogP contribution in [0.25, 0.3) is 0 Å². The van der Waals surface area contributed by atoms with E-state index < -0.39 is 0 Å². The van der Waals surface area contributed by atoms with E-state index in [0.717, 1.165) is 57.2 Å². The van der Waals surface area contributed by atoms with Gasteiger partial charge in [-0.2, -0.15) is 0 Å². The molecule has 6 heteroatoms. The van der Waals surface area contributed by atoms with Crippen LogP contribution in [0.3, 0.4) is 0 Å². The molecule has 0 aliphatic rings. The summed E-state index contributed by atoms with van der Waals surface area (Å²) in [6.45, 7) is 7.31. The minimum Gasteiger partial charge on any atom is -0.492 e. The van der Waals surface area contributed by atoms with Gasteiger partial charge in [-0.3, -0.25) is 0 Å². The maximum Gasteiger partial charge on any atom is 0.338 e. The van der Waals surface area contributed by atoms with E-state index in [9.17, 15) is 4.79 Å². The summed E-state index contributed by atoms with van der Waals surface area (Å²) in [5, 5.41) is 0. The Labute approximate surface area is 264 Å². The Hall–Kier alpha value is -4.23. The minimum atomic E-state index is -0.342. The molecule has 44 heavy (non-hydrogen) atoms. The van der Waals surface area contributed by atoms with Crippen molar-refractivity contribution in [3.63, 3.8) is 0 Å². The second kappa shape index (κ2) is 16.0. The summed E-state index contributed by atoms with van der Waals surface area (Å²) in [7, 11) is 13.1. The molecule has 0 saturated heterocycles. The molecule has 0 fully saturated rings. The van der Waals surface area contributed by atoms with Crippen molar-refractivity contribution in [1.29, 1.82) is 0 Å². The molecule has 0 aliphatic carbocycles. The second-order valence-corrected chi connectivity index (χ2v) is 12.9. The van der Waals surface area contributed by atoms with Crippen LogP contribution in [-0.2, 0) is 4.74 Å². The van der Waals surface area contributed by atoms with Crippen molar-refractivity contribution >= 4 is 5.97 Å². The first kappa shape index (κ1) is 34.3. The number of benzene rings is 3. The fourth-order valence-corrected chi connectivity index (χ4v) is 4.26. The molecule has 3 rings (SSSR count). The highest BCUT2D eigenvalue weighted by Crippen LogP contribution is 2.29. The van der Waals surface area contributed by atoms with Crippen LogP contribution in [0, 0.1) is 30.6 Å². The van der Waals surface area contributed by atoms with Crippen LogP contribution in [0.1, 0.15) is 57.9 Å². The lowest BCUT2D eigenvalue weighted by molar-refractivity contribution is -0.870. The molecule has 0 radical (unpaired) electrons. The fourth-order valence-electron chi connectivity index (χ4n) is 4.26. The lowest BCUT2D eigenvalue weighted by atomic mass is 10.1. The van der Waals surface area contributed by atoms with Crippen LogP contribution < -0.4 is 9.47 Å². The van der Waals surface area contributed by atoms with Gasteiger partial charge in [0.1, 0.15) is 11.5 Å². The van der Waals surface area contributed by atoms with Gasteiger partial charge in [0.05, 0.1) is 91.9 Å². The van der Waals surface area contributed by atoms with Gasteiger partial charge >= 0.3 is 5.97 Å². The zero-order valence-corrected chi connectivity index (χ0v) is 27.8. The summed E-state index contributed by atoms with van der Waals surface area (Å²) >= 11 is 0. The van der Waals surface area contributed by atoms with Crippen molar-refractivity contribution in [3.8, 4) is 35.2 Å². The Bertz CT molecular complexity index is 1500. The summed E-state index contributed by atoms with van der Waals surface area (Å²) in [4.78, 5) is 12.1. The monoisotopic (exact) mass is 596 g/mol. The van der Waals surface area contributed by atoms with Crippen molar-refractivity contribution < 1.29 is 28.0 Å². The number of quaternary nitrogens is 2. The van der Waals surface area contributed by atoms with Gasteiger partial charge in [-0.05, 0) is 50.2 Å². The van der Waals surface area contributed by atoms with E-state index in [1.54, 1.807) is 19.1 Å². The predicted octanol–water partition coefficient (Wildman–Crippen LogP) is 5.92. The number of carbonyl (C=O) groups excluding carboxylic acids is 1. The third-order valence-corrected chi connectivity index (χ3v) is 6.67. The molecule has 0 saturated carbocycles. The molecule has 3 aromatic rings. The minimum absolute atomic E-state index is 0.336. The molecule has 6 nitrogen and oxygen atoms in total. The highest BCUT2D eigenvalue weighted by atomic mass is 16.5. The number of hydrogen-bond donors (Lipinski definition) is 0. The van der Waals surface area contributed by atoms with E-state index in [2.05, 4.69) is 85.0 Å². The van der Waals surface area contributed by atoms with Crippen LogP contribution in [0.4, 0.5) is 0 Å². The van der Waals surface area contributed by atoms with Crippen LogP contribution in [0.5, 0.6) is 11.5 Å². The summed E-state index contributed by atoms with van der Waals surface area (Å²) in [6.07, 6.45) is 1.81. The number of nitrogens with zero attached hydrogens (tertiary/aromatic N) is 2. The summed E-state index contributed by atoms with van der Waals surface area (Å²) in [5.41, 5.74) is 4.91. The molecular formula is C38H48N2O4+2. The Morgan fingerprint density at radius 2 is 1.09 bits per heavy atom. The Morgan fingerprint density at radius 1 is 0.659 bits per heavy atom. The topological polar surface area (TPSA) is 44.8 Å². The molecule has 0 aliphatic heterocycles. The van der Waals surface area contributed by atoms with Gasteiger partial charge in [-0.25, -0.2) is 4.79 Å². The lowest BCUT2D eigenvalue weighted by Gasteiger charge is -2.24. The first-order valence-corrected chi connectivity index (χ1v) is 15.3. The van der Waals surface area contributed by atoms with Gasteiger partial charge in [-0.1, -0.05) is 41.4 Å². The molecule has 0 atom stereocenters. The van der Waals surface area contributed by atoms with Crippen LogP contribution >= 0.6 is 0 Å². The number of ether oxygens (including phenoxy) is 3. The van der Waals surface area contributed by atoms with E-state index in [1.807, 2.05) is 36.4 Å². The van der Waals surface area contributed by atoms with Gasteiger partial charge in [-0.15, -0.1) is 0 Å². The largest absolute Gasteiger partial charge is 0.492 e. The molecule has 0 spiro atoms. The molecule has 232 valence electrons. The van der Waals surface area contributed by atoms with Crippen molar-refractivity contribution in [2.24, 2.45) is 0 Å². The number of rotatable bonds is 12. The summed E-state index contributed by atoms with van der Waals surface area (Å²) < 4.78 is 19.5. The first-order chi connectivity index (χ1) is 20.8. The average molecular weight is 597 g/mol. The van der Waals surface area contributed by atoms with Crippen LogP contribution in [0.2, 0.25) is 0 Å². The Kier molecular flexibility index (Phi) is 12.5. The van der Waals surface area contributed by atoms with Gasteiger partial charge in [0, 0.05) is 36.1 Å². The van der Waals surface area contributed by atoms with Gasteiger partial charge in [0.15, 0.2) is 0 Å². The normalized spacial score (nSPS) is 11.1. The lowest BCUT2D eigenvalue weighted by Crippen LogP contribution is -2.36. The quantitative estimate of drug-likeness (QED) is 0.113. The van der Waals surface area contributed by atoms with Gasteiger partial charge in [0.25, 0.3) is 0 Å². The molecule has 0 N–H and O–H groups in total. The van der Waals surface area contributed by atoms with E-state index in [0.29, 0.717) is 36.9 Å². The molecule has 3 aromatic carbocycles. The summed E-state index contributed by atoms with van der Waals surface area (Å²) in [5.74, 6) is 14.2. The molecule has 0 amide bonds. The second-order valence-electron chi connectivity index (χ2n) is 12.9. The number of esters is 1. The maximum atomic E-state index is 12.1. The Morgan fingerprint density at radius 3 is 1.50 bits per heavy atom. The maximum absolute atomic E-state index is 12.1. The molecule has 0 heterocycles. The zero-order valence-electron chi connectivity index (χ0n) is 27.8. The van der Waals surface area contributed by atoms with Gasteiger partial charge in [0.2, 0.25) is 0 Å². The highest BCUT2D eigenvalue weighted by molar-refractivity contribution is 5.89. The van der Waals surface area contributed by atoms with Gasteiger partial charge < -0.3 is 23.2 Å². The average Bonchev–Trinajstić information content (AvgIpc) is 2.96. The molecule has 0 aromatic heterocycles. The fraction of sp³-hybridized carbons (Fsp3) is 0.395. The van der Waals surface area contributed by atoms with Crippen molar-refractivity contribution in [2.45, 2.75) is 26.7 Å². The summed E-state index contributed by atoms with van der Waals surface area (Å²) in [6, 6.07) is 19.2. The van der Waals surface area contributed by atoms with Crippen molar-refractivity contribution in [2.75, 3.05) is 75.2 Å². The number of carbonyl (C=O) groups is 1. The predicted molar refractivity (Wildman–Crippen MR) is 178 cm³/mol. The molecule has 0 unspecified atom stereocenters. The third kappa shape index (κ3) is 12.2. The van der Waals surface area contributed by atoms with E-state index >= 15 is 0 Å². The standard InChI is InChI=1S/C38H48N2O4/c1-9-42-38(41)33-20-16-32(17-21-33)19-23-35-29-36(43-26-10-24-39(3,4)5)34(22-18-31-14-12-30(2)13-15-31)28-37(35)44-27-11-25-40(6,7)8/h12-17,20-21,28-29H,9-11,24-27H2,1-8H3/q+2. The first-order valence-electron chi connectivity index (χ1n) is 15.3. The van der Waals surface area contributed by atoms with Crippen molar-refractivity contribution in [3.05, 3.63) is 94.0 Å². The van der Waals surface area contributed by atoms with Crippen molar-refractivity contribution in [1.82, 2.24) is 0 Å². The molecule has 0 bridgehead atoms. The zero-order chi connectivity index (χ0) is 32.2. The third-order valence-electron chi connectivity index (χ3n) is 6.67. The van der Waals surface area contributed by atoms with Crippen LogP contribution in [0.15, 0.2) is 60.7 Å². The molecular weight excluding hydrogens is 548 g/mol. The highest BCUT2D eigenvalue weighted by Gasteiger charge is 2.14. The van der Waals surface area contributed by atoms with Crippen LogP contribution in [-0.4, -0.2) is 90.1 Å². The number of aryl methyl sites for hydroxylation is 1. The number of hydrogen-bond acceptors (Lipinski definition) is 4. The van der Waals surface area contributed by atoms with E-state index in [1.165, 1.54) is 5.56 Å². The Balaban J connectivity index is 1.99. The van der Waals surface area contributed by atoms with E-state index in [4.69, 9.17) is 14.2 Å².